The Hall–Kier alpha value is -1.42. The van der Waals surface area contributed by atoms with E-state index in [4.69, 9.17) is 4.74 Å². The Kier molecular flexibility index (Phi) is 4.09. The van der Waals surface area contributed by atoms with Crippen LogP contribution >= 0.6 is 15.9 Å². The summed E-state index contributed by atoms with van der Waals surface area (Å²) in [6, 6.07) is 9.56. The molecule has 17 heavy (non-hydrogen) atoms. The molecule has 4 heteroatoms. The predicted octanol–water partition coefficient (Wildman–Crippen LogP) is 3.98. The lowest BCUT2D eigenvalue weighted by atomic mass is 10.2. The highest BCUT2D eigenvalue weighted by Crippen LogP contribution is 2.23. The van der Waals surface area contributed by atoms with E-state index in [1.807, 2.05) is 30.3 Å². The molecule has 1 heterocycles. The van der Waals surface area contributed by atoms with Crippen LogP contribution in [-0.2, 0) is 6.42 Å². The lowest BCUT2D eigenvalue weighted by Crippen LogP contribution is -1.93. The van der Waals surface area contributed by atoms with E-state index in [0.29, 0.717) is 5.88 Å². The molecule has 1 aromatic heterocycles. The second-order valence-corrected chi connectivity index (χ2v) is 4.57. The maximum atomic E-state index is 5.67. The minimum absolute atomic E-state index is 0.585. The number of aromatic nitrogens is 2. The van der Waals surface area contributed by atoms with E-state index >= 15 is 0 Å². The first-order chi connectivity index (χ1) is 8.28. The lowest BCUT2D eigenvalue weighted by molar-refractivity contribution is 0.460. The fourth-order valence-corrected chi connectivity index (χ4v) is 1.86. The van der Waals surface area contributed by atoms with Crippen molar-refractivity contribution in [2.24, 2.45) is 0 Å². The molecule has 0 aliphatic rings. The fraction of sp³-hybridized carbons (Fsp3) is 0.231. The molecule has 0 saturated heterocycles. The maximum Gasteiger partial charge on any atom is 0.222 e. The molecule has 88 valence electrons. The van der Waals surface area contributed by atoms with Gasteiger partial charge in [0.2, 0.25) is 5.88 Å². The van der Waals surface area contributed by atoms with Crippen LogP contribution in [0.1, 0.15) is 19.0 Å². The Balaban J connectivity index is 2.15. The first-order valence-electron chi connectivity index (χ1n) is 5.52. The minimum Gasteiger partial charge on any atom is -0.439 e. The average Bonchev–Trinajstić information content (AvgIpc) is 2.30. The van der Waals surface area contributed by atoms with Gasteiger partial charge in [-0.1, -0.05) is 35.3 Å². The molecule has 0 saturated carbocycles. The molecule has 0 aliphatic carbocycles. The highest BCUT2D eigenvalue weighted by atomic mass is 79.9. The van der Waals surface area contributed by atoms with E-state index in [0.717, 1.165) is 28.8 Å². The van der Waals surface area contributed by atoms with E-state index < -0.39 is 0 Å². The molecule has 0 fully saturated rings. The van der Waals surface area contributed by atoms with Gasteiger partial charge >= 0.3 is 0 Å². The quantitative estimate of drug-likeness (QED) is 0.855. The normalized spacial score (nSPS) is 10.2. The van der Waals surface area contributed by atoms with Gasteiger partial charge in [0, 0.05) is 16.2 Å². The van der Waals surface area contributed by atoms with Gasteiger partial charge in [-0.15, -0.1) is 0 Å². The van der Waals surface area contributed by atoms with Crippen molar-refractivity contribution in [2.45, 2.75) is 19.8 Å². The van der Waals surface area contributed by atoms with Crippen molar-refractivity contribution in [3.05, 3.63) is 46.8 Å². The number of hydrogen-bond acceptors (Lipinski definition) is 3. The highest BCUT2D eigenvalue weighted by Gasteiger charge is 2.01. The van der Waals surface area contributed by atoms with Crippen molar-refractivity contribution in [3.8, 4) is 11.6 Å². The molecule has 0 atom stereocenters. The molecule has 0 bridgehead atoms. The largest absolute Gasteiger partial charge is 0.439 e. The number of rotatable bonds is 4. The molecule has 1 aromatic carbocycles. The molecule has 0 aliphatic heterocycles. The molecule has 0 radical (unpaired) electrons. The van der Waals surface area contributed by atoms with E-state index in [-0.39, 0.29) is 0 Å². The molecule has 0 spiro atoms. The molecular formula is C13H13BrN2O. The third-order valence-electron chi connectivity index (χ3n) is 2.22. The number of benzene rings is 1. The van der Waals surface area contributed by atoms with Crippen molar-refractivity contribution in [2.75, 3.05) is 0 Å². The topological polar surface area (TPSA) is 35.0 Å². The van der Waals surface area contributed by atoms with Crippen LogP contribution in [0.15, 0.2) is 41.1 Å². The molecular weight excluding hydrogens is 280 g/mol. The predicted molar refractivity (Wildman–Crippen MR) is 70.2 cm³/mol. The maximum absolute atomic E-state index is 5.67. The first kappa shape index (κ1) is 12.0. The molecule has 3 nitrogen and oxygen atoms in total. The van der Waals surface area contributed by atoms with Crippen molar-refractivity contribution >= 4 is 15.9 Å². The molecule has 2 aromatic rings. The van der Waals surface area contributed by atoms with Crippen LogP contribution in [0.25, 0.3) is 0 Å². The number of nitrogens with zero attached hydrogens (tertiary/aromatic N) is 2. The van der Waals surface area contributed by atoms with Crippen LogP contribution in [0.4, 0.5) is 0 Å². The van der Waals surface area contributed by atoms with Gasteiger partial charge in [0.1, 0.15) is 12.1 Å². The minimum atomic E-state index is 0.585. The fourth-order valence-electron chi connectivity index (χ4n) is 1.48. The van der Waals surface area contributed by atoms with Crippen LogP contribution in [0, 0.1) is 0 Å². The second kappa shape index (κ2) is 5.77. The Morgan fingerprint density at radius 1 is 1.24 bits per heavy atom. The zero-order valence-electron chi connectivity index (χ0n) is 9.56. The zero-order valence-corrected chi connectivity index (χ0v) is 11.1. The zero-order chi connectivity index (χ0) is 12.1. The molecule has 2 rings (SSSR count). The summed E-state index contributed by atoms with van der Waals surface area (Å²) in [6.07, 6.45) is 3.54. The van der Waals surface area contributed by atoms with Gasteiger partial charge in [0.15, 0.2) is 0 Å². The Morgan fingerprint density at radius 2 is 2.12 bits per heavy atom. The lowest BCUT2D eigenvalue weighted by Gasteiger charge is -2.05. The number of ether oxygens (including phenoxy) is 1. The summed E-state index contributed by atoms with van der Waals surface area (Å²) >= 11 is 3.40. The van der Waals surface area contributed by atoms with Crippen LogP contribution < -0.4 is 4.74 Å². The third kappa shape index (κ3) is 3.53. The van der Waals surface area contributed by atoms with Gasteiger partial charge in [-0.2, -0.15) is 0 Å². The second-order valence-electron chi connectivity index (χ2n) is 3.66. The summed E-state index contributed by atoms with van der Waals surface area (Å²) in [6.45, 7) is 2.12. The van der Waals surface area contributed by atoms with Crippen LogP contribution in [-0.4, -0.2) is 9.97 Å². The summed E-state index contributed by atoms with van der Waals surface area (Å²) in [7, 11) is 0. The van der Waals surface area contributed by atoms with Crippen LogP contribution in [0.2, 0.25) is 0 Å². The summed E-state index contributed by atoms with van der Waals surface area (Å²) in [5, 5.41) is 0. The van der Waals surface area contributed by atoms with Crippen LogP contribution in [0.3, 0.4) is 0 Å². The van der Waals surface area contributed by atoms with E-state index in [1.54, 1.807) is 0 Å². The van der Waals surface area contributed by atoms with Gasteiger partial charge in [-0.3, -0.25) is 0 Å². The van der Waals surface area contributed by atoms with Gasteiger partial charge in [-0.05, 0) is 24.6 Å². The standard InChI is InChI=1S/C13H13BrN2O/c1-2-4-11-8-13(16-9-15-11)17-12-6-3-5-10(14)7-12/h3,5-9H,2,4H2,1H3. The third-order valence-corrected chi connectivity index (χ3v) is 2.72. The monoisotopic (exact) mass is 292 g/mol. The molecule has 0 amide bonds. The SMILES string of the molecule is CCCc1cc(Oc2cccc(Br)c2)ncn1. The number of halogens is 1. The van der Waals surface area contributed by atoms with Crippen molar-refractivity contribution < 1.29 is 4.74 Å². The van der Waals surface area contributed by atoms with Crippen LogP contribution in [0.5, 0.6) is 11.6 Å². The van der Waals surface area contributed by atoms with Gasteiger partial charge in [-0.25, -0.2) is 9.97 Å². The summed E-state index contributed by atoms with van der Waals surface area (Å²) < 4.78 is 6.65. The number of hydrogen-bond donors (Lipinski definition) is 0. The van der Waals surface area contributed by atoms with Gasteiger partial charge in [0.05, 0.1) is 0 Å². The first-order valence-corrected chi connectivity index (χ1v) is 6.31. The Bertz CT molecular complexity index is 502. The molecule has 0 N–H and O–H groups in total. The Labute approximate surface area is 109 Å². The van der Waals surface area contributed by atoms with E-state index in [9.17, 15) is 0 Å². The highest BCUT2D eigenvalue weighted by molar-refractivity contribution is 9.10. The average molecular weight is 293 g/mol. The Morgan fingerprint density at radius 3 is 2.88 bits per heavy atom. The summed E-state index contributed by atoms with van der Waals surface area (Å²) in [5.41, 5.74) is 1.01. The van der Waals surface area contributed by atoms with E-state index in [2.05, 4.69) is 32.8 Å². The van der Waals surface area contributed by atoms with Gasteiger partial charge < -0.3 is 4.74 Å². The summed E-state index contributed by atoms with van der Waals surface area (Å²) in [5.74, 6) is 1.35. The van der Waals surface area contributed by atoms with Crippen molar-refractivity contribution in [3.63, 3.8) is 0 Å². The molecule has 0 unspecified atom stereocenters. The van der Waals surface area contributed by atoms with E-state index in [1.165, 1.54) is 6.33 Å². The summed E-state index contributed by atoms with van der Waals surface area (Å²) in [4.78, 5) is 8.29. The van der Waals surface area contributed by atoms with Crippen molar-refractivity contribution in [1.29, 1.82) is 0 Å². The van der Waals surface area contributed by atoms with Crippen molar-refractivity contribution in [1.82, 2.24) is 9.97 Å². The number of aryl methyl sites for hydroxylation is 1. The smallest absolute Gasteiger partial charge is 0.222 e. The van der Waals surface area contributed by atoms with Gasteiger partial charge in [0.25, 0.3) is 0 Å².